The maximum Gasteiger partial charge on any atom is 0.472 e. The van der Waals surface area contributed by atoms with Crippen molar-refractivity contribution in [3.05, 3.63) is 60.8 Å². The monoisotopic (exact) mass is 696 g/mol. The topological polar surface area (TPSA) is 105 Å². The zero-order valence-electron chi connectivity index (χ0n) is 31.2. The van der Waals surface area contributed by atoms with E-state index >= 15 is 0 Å². The van der Waals surface area contributed by atoms with Crippen molar-refractivity contribution < 1.29 is 32.9 Å². The van der Waals surface area contributed by atoms with E-state index < -0.39 is 20.0 Å². The van der Waals surface area contributed by atoms with Crippen LogP contribution >= 0.6 is 7.82 Å². The maximum absolute atomic E-state index is 12.8. The number of phosphoric ester groups is 1. The predicted octanol–water partition coefficient (Wildman–Crippen LogP) is 9.51. The minimum atomic E-state index is -4.32. The van der Waals surface area contributed by atoms with Gasteiger partial charge in [0.05, 0.1) is 39.9 Å². The number of allylic oxidation sites excluding steroid dienone is 10. The van der Waals surface area contributed by atoms with Crippen molar-refractivity contribution >= 4 is 13.7 Å². The second-order valence-corrected chi connectivity index (χ2v) is 15.0. The van der Waals surface area contributed by atoms with Gasteiger partial charge in [-0.1, -0.05) is 132 Å². The number of hydrogen-bond acceptors (Lipinski definition) is 5. The molecule has 0 aliphatic carbocycles. The van der Waals surface area contributed by atoms with Crippen LogP contribution in [0.1, 0.15) is 129 Å². The van der Waals surface area contributed by atoms with Gasteiger partial charge in [-0.05, 0) is 51.4 Å². The molecule has 0 saturated heterocycles. The average molecular weight is 696 g/mol. The molecule has 0 radical (unpaired) electrons. The SMILES string of the molecule is CC/C=C\C/C=C\C/C=C\C/C=C\C/C=C\CCCC(=O)NC(COP(=O)(O)OCC[N+](C)(C)C)C(O)CCCCCCCCCCC. The Labute approximate surface area is 294 Å². The fraction of sp³-hybridized carbons (Fsp3) is 0.718. The number of phosphoric acid groups is 1. The van der Waals surface area contributed by atoms with Crippen molar-refractivity contribution in [3.63, 3.8) is 0 Å². The van der Waals surface area contributed by atoms with E-state index in [0.29, 0.717) is 30.3 Å². The van der Waals surface area contributed by atoms with Gasteiger partial charge in [-0.15, -0.1) is 0 Å². The number of rotatable bonds is 32. The van der Waals surface area contributed by atoms with E-state index in [0.717, 1.165) is 57.8 Å². The van der Waals surface area contributed by atoms with Gasteiger partial charge in [-0.2, -0.15) is 0 Å². The van der Waals surface area contributed by atoms with Crippen LogP contribution in [0.25, 0.3) is 0 Å². The van der Waals surface area contributed by atoms with Gasteiger partial charge < -0.3 is 19.8 Å². The van der Waals surface area contributed by atoms with Gasteiger partial charge in [0.25, 0.3) is 0 Å². The van der Waals surface area contributed by atoms with E-state index in [-0.39, 0.29) is 19.1 Å². The summed E-state index contributed by atoms with van der Waals surface area (Å²) in [6.45, 7) is 4.66. The van der Waals surface area contributed by atoms with Crippen LogP contribution in [-0.4, -0.2) is 73.4 Å². The molecule has 0 spiro atoms. The molecule has 0 aromatic rings. The Bertz CT molecular complexity index is 970. The van der Waals surface area contributed by atoms with Gasteiger partial charge in [0.1, 0.15) is 13.2 Å². The summed E-state index contributed by atoms with van der Waals surface area (Å²) >= 11 is 0. The minimum Gasteiger partial charge on any atom is -0.391 e. The van der Waals surface area contributed by atoms with E-state index in [1.807, 2.05) is 21.1 Å². The molecule has 48 heavy (non-hydrogen) atoms. The quantitative estimate of drug-likeness (QED) is 0.0280. The molecule has 0 fully saturated rings. The number of hydrogen-bond donors (Lipinski definition) is 3. The van der Waals surface area contributed by atoms with Crippen LogP contribution < -0.4 is 5.32 Å². The Balaban J connectivity index is 4.57. The molecule has 0 rings (SSSR count). The first-order chi connectivity index (χ1) is 23.0. The molecule has 8 nitrogen and oxygen atoms in total. The van der Waals surface area contributed by atoms with Crippen LogP contribution in [0.2, 0.25) is 0 Å². The zero-order valence-corrected chi connectivity index (χ0v) is 32.1. The third kappa shape index (κ3) is 32.7. The predicted molar refractivity (Wildman–Crippen MR) is 203 cm³/mol. The molecular weight excluding hydrogens is 623 g/mol. The van der Waals surface area contributed by atoms with Gasteiger partial charge in [0.2, 0.25) is 5.91 Å². The highest BCUT2D eigenvalue weighted by Crippen LogP contribution is 2.43. The molecule has 9 heteroatoms. The number of unbranched alkanes of at least 4 members (excludes halogenated alkanes) is 9. The first-order valence-electron chi connectivity index (χ1n) is 18.7. The third-order valence-electron chi connectivity index (χ3n) is 7.78. The second-order valence-electron chi connectivity index (χ2n) is 13.6. The Morgan fingerprint density at radius 3 is 1.75 bits per heavy atom. The summed E-state index contributed by atoms with van der Waals surface area (Å²) in [7, 11) is 1.56. The van der Waals surface area contributed by atoms with Crippen LogP contribution in [0.4, 0.5) is 0 Å². The van der Waals surface area contributed by atoms with Crippen molar-refractivity contribution in [2.45, 2.75) is 142 Å². The number of likely N-dealkylation sites (N-methyl/N-ethyl adjacent to an activating group) is 1. The lowest BCUT2D eigenvalue weighted by Gasteiger charge is -2.26. The highest BCUT2D eigenvalue weighted by Gasteiger charge is 2.28. The van der Waals surface area contributed by atoms with Crippen LogP contribution in [0, 0.1) is 0 Å². The molecule has 0 saturated carbocycles. The van der Waals surface area contributed by atoms with E-state index in [1.165, 1.54) is 38.5 Å². The van der Waals surface area contributed by atoms with Crippen LogP contribution in [0.5, 0.6) is 0 Å². The van der Waals surface area contributed by atoms with Gasteiger partial charge in [-0.3, -0.25) is 13.8 Å². The van der Waals surface area contributed by atoms with E-state index in [2.05, 4.69) is 79.9 Å². The number of aliphatic hydroxyl groups is 1. The average Bonchev–Trinajstić information content (AvgIpc) is 3.02. The Morgan fingerprint density at radius 2 is 1.23 bits per heavy atom. The molecule has 0 aliphatic rings. The number of aliphatic hydroxyl groups excluding tert-OH is 1. The normalized spacial score (nSPS) is 15.4. The van der Waals surface area contributed by atoms with E-state index in [9.17, 15) is 19.4 Å². The summed E-state index contributed by atoms with van der Waals surface area (Å²) in [5.74, 6) is -0.208. The Kier molecular flexibility index (Phi) is 30.0. The van der Waals surface area contributed by atoms with Crippen molar-refractivity contribution in [2.24, 2.45) is 0 Å². The lowest BCUT2D eigenvalue weighted by atomic mass is 10.0. The number of nitrogens with one attached hydrogen (secondary N) is 1. The summed E-state index contributed by atoms with van der Waals surface area (Å²) in [6, 6.07) is -0.789. The molecule has 3 N–H and O–H groups in total. The van der Waals surface area contributed by atoms with Crippen molar-refractivity contribution in [3.8, 4) is 0 Å². The van der Waals surface area contributed by atoms with E-state index in [1.54, 1.807) is 0 Å². The van der Waals surface area contributed by atoms with Crippen molar-refractivity contribution in [1.82, 2.24) is 5.32 Å². The fourth-order valence-corrected chi connectivity index (χ4v) is 5.52. The van der Waals surface area contributed by atoms with Crippen LogP contribution in [0.3, 0.4) is 0 Å². The number of amides is 1. The zero-order chi connectivity index (χ0) is 35.8. The molecule has 0 heterocycles. The maximum atomic E-state index is 12.8. The van der Waals surface area contributed by atoms with Crippen LogP contribution in [0.15, 0.2) is 60.8 Å². The number of nitrogens with zero attached hydrogens (tertiary/aromatic N) is 1. The molecule has 278 valence electrons. The van der Waals surface area contributed by atoms with Gasteiger partial charge in [0, 0.05) is 6.42 Å². The summed E-state index contributed by atoms with van der Waals surface area (Å²) < 4.78 is 23.4. The molecule has 0 bridgehead atoms. The molecule has 0 aromatic carbocycles. The molecule has 0 aliphatic heterocycles. The first-order valence-corrected chi connectivity index (χ1v) is 20.1. The largest absolute Gasteiger partial charge is 0.472 e. The van der Waals surface area contributed by atoms with E-state index in [4.69, 9.17) is 9.05 Å². The van der Waals surface area contributed by atoms with Crippen molar-refractivity contribution in [1.29, 1.82) is 0 Å². The highest BCUT2D eigenvalue weighted by molar-refractivity contribution is 7.47. The molecule has 0 aromatic heterocycles. The second kappa shape index (κ2) is 31.2. The Morgan fingerprint density at radius 1 is 0.729 bits per heavy atom. The third-order valence-corrected chi connectivity index (χ3v) is 8.76. The molecular formula is C39H72N2O6P+. The fourth-order valence-electron chi connectivity index (χ4n) is 4.78. The standard InChI is InChI=1S/C39H71N2O6P/c1-6-8-10-12-14-16-17-18-19-20-21-22-23-25-27-29-31-33-39(43)40-37(36-47-48(44,45)46-35-34-41(3,4)5)38(42)32-30-28-26-24-15-13-11-9-7-2/h8,10,14,16,18-19,21-22,25,27,37-38,42H,6-7,9,11-13,15,17,20,23-24,26,28-36H2,1-5H3,(H-,40,43,44,45)/p+1/b10-8-,16-14-,19-18-,22-21-,27-25-. The number of carbonyl (C=O) groups excluding carboxylic acids is 1. The summed E-state index contributed by atoms with van der Waals surface area (Å²) in [5.41, 5.74) is 0. The smallest absolute Gasteiger partial charge is 0.391 e. The molecule has 1 amide bonds. The van der Waals surface area contributed by atoms with Gasteiger partial charge in [0.15, 0.2) is 0 Å². The summed E-state index contributed by atoms with van der Waals surface area (Å²) in [6.07, 6.45) is 38.3. The number of quaternary nitrogens is 1. The van der Waals surface area contributed by atoms with Crippen LogP contribution in [-0.2, 0) is 18.4 Å². The first kappa shape index (κ1) is 46.2. The van der Waals surface area contributed by atoms with Gasteiger partial charge >= 0.3 is 7.82 Å². The minimum absolute atomic E-state index is 0.0606. The number of carbonyl (C=O) groups is 1. The van der Waals surface area contributed by atoms with Gasteiger partial charge in [-0.25, -0.2) is 4.57 Å². The van der Waals surface area contributed by atoms with Crippen molar-refractivity contribution in [2.75, 3.05) is 40.9 Å². The molecule has 3 atom stereocenters. The lowest BCUT2D eigenvalue weighted by molar-refractivity contribution is -0.870. The lowest BCUT2D eigenvalue weighted by Crippen LogP contribution is -2.46. The summed E-state index contributed by atoms with van der Waals surface area (Å²) in [5, 5.41) is 13.8. The molecule has 3 unspecified atom stereocenters. The summed E-state index contributed by atoms with van der Waals surface area (Å²) in [4.78, 5) is 22.9. The Hall–Kier alpha value is -1.80. The highest BCUT2D eigenvalue weighted by atomic mass is 31.2.